The maximum absolute atomic E-state index is 10.7. The van der Waals surface area contributed by atoms with Crippen LogP contribution in [0.25, 0.3) is 16.7 Å². The molecule has 1 aromatic heterocycles. The Morgan fingerprint density at radius 3 is 2.08 bits per heavy atom. The van der Waals surface area contributed by atoms with Crippen LogP contribution in [0.15, 0.2) is 30.3 Å². The molecule has 1 fully saturated rings. The molecule has 1 aliphatic heterocycles. The minimum absolute atomic E-state index is 0.144. The van der Waals surface area contributed by atoms with Crippen molar-refractivity contribution >= 4 is 22.6 Å². The Morgan fingerprint density at radius 1 is 1.00 bits per heavy atom. The minimum Gasteiger partial charge on any atom is -0.505 e. The van der Waals surface area contributed by atoms with Crippen LogP contribution < -0.4 is 0 Å². The average molecular weight is 517 g/mol. The van der Waals surface area contributed by atoms with Gasteiger partial charge in [0.15, 0.2) is 0 Å². The lowest BCUT2D eigenvalue weighted by Crippen LogP contribution is -2.64. The molecule has 2 heterocycles. The van der Waals surface area contributed by atoms with Crippen LogP contribution in [0, 0.1) is 6.92 Å². The Balaban J connectivity index is 0.000000223. The molecule has 0 spiro atoms. The average Bonchev–Trinajstić information content (AvgIpc) is 3.09. The quantitative estimate of drug-likeness (QED) is 0.403. The monoisotopic (exact) mass is 516 g/mol. The van der Waals surface area contributed by atoms with Crippen molar-refractivity contribution in [2.45, 2.75) is 104 Å². The number of phenolic OH excluding ortho intramolecular Hbond substituents is 1. The summed E-state index contributed by atoms with van der Waals surface area (Å²) < 4.78 is 0. The van der Waals surface area contributed by atoms with Crippen LogP contribution in [0.3, 0.4) is 0 Å². The van der Waals surface area contributed by atoms with Crippen molar-refractivity contribution in [1.82, 2.24) is 19.9 Å². The molecule has 0 radical (unpaired) electrons. The van der Waals surface area contributed by atoms with Gasteiger partial charge in [0, 0.05) is 21.7 Å². The molecule has 3 N–H and O–H groups in total. The van der Waals surface area contributed by atoms with E-state index >= 15 is 0 Å². The number of aromatic nitrogens is 3. The molecular weight excluding hydrogens is 476 g/mol. The molecule has 198 valence electrons. The highest BCUT2D eigenvalue weighted by molar-refractivity contribution is 6.31. The number of rotatable bonds is 2. The number of halogens is 1. The van der Waals surface area contributed by atoms with Gasteiger partial charge in [-0.15, -0.1) is 15.0 Å². The fraction of sp³-hybridized carbons (Fsp3) is 0.571. The zero-order valence-corrected chi connectivity index (χ0v) is 23.7. The third-order valence-corrected chi connectivity index (χ3v) is 6.98. The second kappa shape index (κ2) is 9.93. The maximum atomic E-state index is 10.7. The van der Waals surface area contributed by atoms with E-state index < -0.39 is 6.23 Å². The maximum Gasteiger partial charge on any atom is 0.146 e. The number of aryl methyl sites for hydroxylation is 1. The first kappa shape index (κ1) is 28.4. The van der Waals surface area contributed by atoms with Gasteiger partial charge in [0.2, 0.25) is 0 Å². The summed E-state index contributed by atoms with van der Waals surface area (Å²) in [4.78, 5) is 3.56. The predicted octanol–water partition coefficient (Wildman–Crippen LogP) is 5.72. The highest BCUT2D eigenvalue weighted by Crippen LogP contribution is 2.39. The summed E-state index contributed by atoms with van der Waals surface area (Å²) in [5.74, 6) is 0.213. The number of hydrogen-bond acceptors (Lipinski definition) is 6. The molecule has 1 aliphatic rings. The van der Waals surface area contributed by atoms with Crippen molar-refractivity contribution in [3.05, 3.63) is 46.5 Å². The first-order chi connectivity index (χ1) is 16.4. The lowest BCUT2D eigenvalue weighted by atomic mass is 9.78. The van der Waals surface area contributed by atoms with E-state index in [1.54, 1.807) is 19.1 Å². The molecule has 8 heteroatoms. The number of likely N-dealkylation sites (tertiary alicyclic amines) is 1. The standard InChI is InChI=1S/C17H18ClN3O.C11H23NO2/c1-10-7-12(17(2,3)4)16(22)15(8-10)21-19-13-6-5-11(18)9-14(13)20-21;1-8(13)12-10(2,3)6-9(14)7-11(12,4)5/h5-9,22H,1-4H3;8-9,13-14H,6-7H2,1-5H3. The molecule has 1 saturated heterocycles. The Bertz CT molecular complexity index is 1210. The summed E-state index contributed by atoms with van der Waals surface area (Å²) in [7, 11) is 0. The molecule has 36 heavy (non-hydrogen) atoms. The molecule has 3 aromatic rings. The number of fused-ring (bicyclic) bond motifs is 1. The van der Waals surface area contributed by atoms with Crippen LogP contribution >= 0.6 is 11.6 Å². The molecule has 0 amide bonds. The Morgan fingerprint density at radius 2 is 1.56 bits per heavy atom. The Kier molecular flexibility index (Phi) is 7.83. The molecule has 4 rings (SSSR count). The van der Waals surface area contributed by atoms with Gasteiger partial charge >= 0.3 is 0 Å². The third-order valence-electron chi connectivity index (χ3n) is 6.75. The van der Waals surface area contributed by atoms with Gasteiger partial charge in [-0.3, -0.25) is 4.90 Å². The second-order valence-corrected chi connectivity index (χ2v) is 12.7. The first-order valence-corrected chi connectivity index (χ1v) is 12.8. The second-order valence-electron chi connectivity index (χ2n) is 12.2. The van der Waals surface area contributed by atoms with Gasteiger partial charge in [0.05, 0.1) is 6.10 Å². The van der Waals surface area contributed by atoms with E-state index in [9.17, 15) is 15.3 Å². The molecule has 1 unspecified atom stereocenters. The van der Waals surface area contributed by atoms with Crippen LogP contribution in [0.5, 0.6) is 5.75 Å². The molecule has 0 bridgehead atoms. The number of aromatic hydroxyl groups is 1. The SMILES string of the molecule is CC(O)N1C(C)(C)CC(O)CC1(C)C.Cc1cc(-n2nc3ccc(Cl)cc3n2)c(O)c(C(C)(C)C)c1. The summed E-state index contributed by atoms with van der Waals surface area (Å²) >= 11 is 5.99. The summed E-state index contributed by atoms with van der Waals surface area (Å²) in [6, 6.07) is 9.24. The predicted molar refractivity (Wildman–Crippen MR) is 146 cm³/mol. The third kappa shape index (κ3) is 6.02. The van der Waals surface area contributed by atoms with Crippen molar-refractivity contribution in [2.75, 3.05) is 0 Å². The number of benzene rings is 2. The lowest BCUT2D eigenvalue weighted by Gasteiger charge is -2.55. The molecule has 1 atom stereocenters. The highest BCUT2D eigenvalue weighted by atomic mass is 35.5. The number of phenols is 1. The van der Waals surface area contributed by atoms with Gasteiger partial charge in [-0.1, -0.05) is 38.4 Å². The number of nitrogens with zero attached hydrogens (tertiary/aromatic N) is 4. The van der Waals surface area contributed by atoms with E-state index in [1.807, 2.05) is 25.1 Å². The van der Waals surface area contributed by atoms with E-state index in [1.165, 1.54) is 4.80 Å². The van der Waals surface area contributed by atoms with E-state index in [2.05, 4.69) is 63.6 Å². The van der Waals surface area contributed by atoms with Crippen LogP contribution in [0.2, 0.25) is 5.02 Å². The molecule has 2 aromatic carbocycles. The molecule has 7 nitrogen and oxygen atoms in total. The summed E-state index contributed by atoms with van der Waals surface area (Å²) in [5, 5.41) is 39.7. The van der Waals surface area contributed by atoms with E-state index in [0.29, 0.717) is 16.2 Å². The van der Waals surface area contributed by atoms with Crippen molar-refractivity contribution < 1.29 is 15.3 Å². The van der Waals surface area contributed by atoms with Crippen LogP contribution in [0.1, 0.15) is 79.4 Å². The van der Waals surface area contributed by atoms with Crippen molar-refractivity contribution in [3.63, 3.8) is 0 Å². The highest BCUT2D eigenvalue weighted by Gasteiger charge is 2.46. The van der Waals surface area contributed by atoms with Gasteiger partial charge in [-0.2, -0.15) is 0 Å². The number of piperidine rings is 1. The zero-order chi connectivity index (χ0) is 27.2. The summed E-state index contributed by atoms with van der Waals surface area (Å²) in [5.41, 5.74) is 3.50. The van der Waals surface area contributed by atoms with E-state index in [4.69, 9.17) is 11.6 Å². The topological polar surface area (TPSA) is 94.6 Å². The van der Waals surface area contributed by atoms with Crippen LogP contribution in [-0.2, 0) is 5.41 Å². The number of aliphatic hydroxyl groups is 2. The fourth-order valence-electron chi connectivity index (χ4n) is 5.73. The zero-order valence-electron chi connectivity index (χ0n) is 23.0. The summed E-state index contributed by atoms with van der Waals surface area (Å²) in [6.45, 7) is 18.3. The van der Waals surface area contributed by atoms with E-state index in [0.717, 1.165) is 29.5 Å². The molecule has 0 aliphatic carbocycles. The van der Waals surface area contributed by atoms with Gasteiger partial charge in [0.1, 0.15) is 28.7 Å². The molecular formula is C28H41ClN4O3. The van der Waals surface area contributed by atoms with Crippen molar-refractivity contribution in [2.24, 2.45) is 0 Å². The first-order valence-electron chi connectivity index (χ1n) is 12.4. The van der Waals surface area contributed by atoms with Gasteiger partial charge in [0.25, 0.3) is 0 Å². The number of hydrogen-bond donors (Lipinski definition) is 3. The van der Waals surface area contributed by atoms with Crippen LogP contribution in [0.4, 0.5) is 0 Å². The van der Waals surface area contributed by atoms with Crippen molar-refractivity contribution in [1.29, 1.82) is 0 Å². The van der Waals surface area contributed by atoms with Gasteiger partial charge in [-0.05, 0) is 89.6 Å². The van der Waals surface area contributed by atoms with Gasteiger partial charge < -0.3 is 15.3 Å². The lowest BCUT2D eigenvalue weighted by molar-refractivity contribution is -0.155. The summed E-state index contributed by atoms with van der Waals surface area (Å²) in [6.07, 6.45) is 0.727. The Hall–Kier alpha value is -2.19. The van der Waals surface area contributed by atoms with E-state index in [-0.39, 0.29) is 28.3 Å². The van der Waals surface area contributed by atoms with Gasteiger partial charge in [-0.25, -0.2) is 0 Å². The van der Waals surface area contributed by atoms with Crippen molar-refractivity contribution in [3.8, 4) is 11.4 Å². The Labute approximate surface area is 219 Å². The smallest absolute Gasteiger partial charge is 0.146 e. The van der Waals surface area contributed by atoms with Crippen LogP contribution in [-0.4, -0.2) is 58.6 Å². The number of aliphatic hydroxyl groups excluding tert-OH is 2. The largest absolute Gasteiger partial charge is 0.505 e. The fourth-order valence-corrected chi connectivity index (χ4v) is 5.90. The molecule has 0 saturated carbocycles. The normalized spacial score (nSPS) is 19.1. The minimum atomic E-state index is -0.465.